The fraction of sp³-hybridized carbons (Fsp3) is 0.100. The summed E-state index contributed by atoms with van der Waals surface area (Å²) in [5.74, 6) is -0.145. The molecule has 6 nitrogen and oxygen atoms in total. The maximum Gasteiger partial charge on any atom is 0.248 e. The molecule has 1 amide bonds. The first kappa shape index (κ1) is 17.3. The quantitative estimate of drug-likeness (QED) is 0.669. The van der Waals surface area contributed by atoms with E-state index in [9.17, 15) is 9.59 Å². The number of ketones is 1. The lowest BCUT2D eigenvalue weighted by Gasteiger charge is -2.06. The number of nitrogens with two attached hydrogens (primary N) is 1. The minimum absolute atomic E-state index is 0.109. The summed E-state index contributed by atoms with van der Waals surface area (Å²) in [6, 6.07) is 14.4. The molecule has 0 bridgehead atoms. The van der Waals surface area contributed by atoms with Crippen molar-refractivity contribution in [2.24, 2.45) is 5.73 Å². The number of primary amides is 1. The van der Waals surface area contributed by atoms with Gasteiger partial charge in [-0.15, -0.1) is 0 Å². The van der Waals surface area contributed by atoms with Crippen molar-refractivity contribution >= 4 is 17.6 Å². The third-order valence-corrected chi connectivity index (χ3v) is 3.88. The van der Waals surface area contributed by atoms with Crippen LogP contribution < -0.4 is 11.1 Å². The fourth-order valence-corrected chi connectivity index (χ4v) is 2.46. The predicted octanol–water partition coefficient (Wildman–Crippen LogP) is 2.73. The van der Waals surface area contributed by atoms with Crippen molar-refractivity contribution in [2.45, 2.75) is 13.5 Å². The lowest BCUT2D eigenvalue weighted by molar-refractivity contribution is 0.0998. The second-order valence-corrected chi connectivity index (χ2v) is 5.91. The maximum absolute atomic E-state index is 12.4. The molecule has 0 atom stereocenters. The number of nitrogens with zero attached hydrogens (tertiary/aromatic N) is 2. The minimum atomic E-state index is -0.457. The summed E-state index contributed by atoms with van der Waals surface area (Å²) < 4.78 is 0. The Morgan fingerprint density at radius 2 is 1.65 bits per heavy atom. The van der Waals surface area contributed by atoms with E-state index in [0.717, 1.165) is 11.1 Å². The van der Waals surface area contributed by atoms with E-state index in [1.165, 1.54) is 12.4 Å². The second-order valence-electron chi connectivity index (χ2n) is 5.91. The molecule has 3 aromatic rings. The van der Waals surface area contributed by atoms with Crippen LogP contribution in [0.5, 0.6) is 0 Å². The summed E-state index contributed by atoms with van der Waals surface area (Å²) in [6.07, 6.45) is 3.02. The molecule has 0 spiro atoms. The van der Waals surface area contributed by atoms with Crippen LogP contribution in [0.1, 0.15) is 37.4 Å². The fourth-order valence-electron chi connectivity index (χ4n) is 2.46. The van der Waals surface area contributed by atoms with Crippen molar-refractivity contribution in [3.8, 4) is 0 Å². The number of anilines is 1. The summed E-state index contributed by atoms with van der Waals surface area (Å²) in [6.45, 7) is 2.43. The third kappa shape index (κ3) is 4.10. The van der Waals surface area contributed by atoms with Gasteiger partial charge in [0.1, 0.15) is 0 Å². The van der Waals surface area contributed by atoms with Crippen LogP contribution in [0.15, 0.2) is 60.9 Å². The van der Waals surface area contributed by atoms with E-state index < -0.39 is 5.91 Å². The third-order valence-electron chi connectivity index (χ3n) is 3.88. The highest BCUT2D eigenvalue weighted by atomic mass is 16.1. The van der Waals surface area contributed by atoms with Gasteiger partial charge >= 0.3 is 0 Å². The van der Waals surface area contributed by atoms with Gasteiger partial charge in [-0.3, -0.25) is 9.59 Å². The Morgan fingerprint density at radius 3 is 2.27 bits per heavy atom. The SMILES string of the molecule is Cc1cccc(C(=O)c2cnc(NCc3ccc(C(N)=O)cc3)nc2)c1. The molecule has 0 aliphatic heterocycles. The minimum Gasteiger partial charge on any atom is -0.366 e. The van der Waals surface area contributed by atoms with Crippen LogP contribution in [0.4, 0.5) is 5.95 Å². The van der Waals surface area contributed by atoms with E-state index in [1.807, 2.05) is 37.3 Å². The molecule has 0 radical (unpaired) electrons. The average molecular weight is 346 g/mol. The molecule has 2 aromatic carbocycles. The Balaban J connectivity index is 1.64. The number of rotatable bonds is 6. The van der Waals surface area contributed by atoms with Gasteiger partial charge in [0, 0.05) is 30.1 Å². The Kier molecular flexibility index (Phi) is 5.03. The van der Waals surface area contributed by atoms with Gasteiger partial charge in [-0.2, -0.15) is 0 Å². The van der Waals surface area contributed by atoms with Gasteiger partial charge in [-0.1, -0.05) is 35.9 Å². The first-order chi connectivity index (χ1) is 12.5. The molecule has 3 N–H and O–H groups in total. The van der Waals surface area contributed by atoms with E-state index in [1.54, 1.807) is 18.2 Å². The lowest BCUT2D eigenvalue weighted by atomic mass is 10.0. The van der Waals surface area contributed by atoms with Crippen LogP contribution in [-0.4, -0.2) is 21.7 Å². The molecule has 26 heavy (non-hydrogen) atoms. The predicted molar refractivity (Wildman–Crippen MR) is 98.9 cm³/mol. The molecule has 0 saturated carbocycles. The average Bonchev–Trinajstić information content (AvgIpc) is 2.66. The Bertz CT molecular complexity index is 935. The number of carbonyl (C=O) groups is 2. The zero-order valence-corrected chi connectivity index (χ0v) is 14.3. The van der Waals surface area contributed by atoms with Crippen molar-refractivity contribution < 1.29 is 9.59 Å². The van der Waals surface area contributed by atoms with Gasteiger partial charge in [0.2, 0.25) is 11.9 Å². The van der Waals surface area contributed by atoms with Gasteiger partial charge < -0.3 is 11.1 Å². The van der Waals surface area contributed by atoms with E-state index in [-0.39, 0.29) is 5.78 Å². The monoisotopic (exact) mass is 346 g/mol. The van der Waals surface area contributed by atoms with Crippen LogP contribution in [0.25, 0.3) is 0 Å². The van der Waals surface area contributed by atoms with Gasteiger partial charge in [0.15, 0.2) is 5.78 Å². The van der Waals surface area contributed by atoms with E-state index in [4.69, 9.17) is 5.73 Å². The summed E-state index contributed by atoms with van der Waals surface area (Å²) in [7, 11) is 0. The molecule has 0 aliphatic rings. The molecule has 0 fully saturated rings. The largest absolute Gasteiger partial charge is 0.366 e. The number of nitrogens with one attached hydrogen (secondary N) is 1. The van der Waals surface area contributed by atoms with Crippen molar-refractivity contribution in [2.75, 3.05) is 5.32 Å². The van der Waals surface area contributed by atoms with E-state index >= 15 is 0 Å². The van der Waals surface area contributed by atoms with Crippen LogP contribution in [0.3, 0.4) is 0 Å². The first-order valence-corrected chi connectivity index (χ1v) is 8.09. The van der Waals surface area contributed by atoms with Gasteiger partial charge in [0.25, 0.3) is 0 Å². The Hall–Kier alpha value is -3.54. The molecule has 3 rings (SSSR count). The number of hydrogen-bond donors (Lipinski definition) is 2. The molecule has 6 heteroatoms. The maximum atomic E-state index is 12.4. The molecular weight excluding hydrogens is 328 g/mol. The van der Waals surface area contributed by atoms with Gasteiger partial charge in [-0.25, -0.2) is 9.97 Å². The summed E-state index contributed by atoms with van der Waals surface area (Å²) in [4.78, 5) is 31.9. The molecule has 1 aromatic heterocycles. The second kappa shape index (κ2) is 7.57. The van der Waals surface area contributed by atoms with Gasteiger partial charge in [-0.05, 0) is 30.7 Å². The molecule has 0 saturated heterocycles. The number of aryl methyl sites for hydroxylation is 1. The number of benzene rings is 2. The zero-order valence-electron chi connectivity index (χ0n) is 14.3. The van der Waals surface area contributed by atoms with Gasteiger partial charge in [0.05, 0.1) is 5.56 Å². The normalized spacial score (nSPS) is 10.3. The number of aromatic nitrogens is 2. The highest BCUT2D eigenvalue weighted by Crippen LogP contribution is 2.12. The highest BCUT2D eigenvalue weighted by molar-refractivity contribution is 6.08. The number of amides is 1. The Morgan fingerprint density at radius 1 is 0.962 bits per heavy atom. The Labute approximate surface area is 151 Å². The van der Waals surface area contributed by atoms with E-state index in [0.29, 0.717) is 29.2 Å². The van der Waals surface area contributed by atoms with Crippen LogP contribution in [0, 0.1) is 6.92 Å². The highest BCUT2D eigenvalue weighted by Gasteiger charge is 2.10. The molecule has 1 heterocycles. The smallest absolute Gasteiger partial charge is 0.248 e. The van der Waals surface area contributed by atoms with Crippen molar-refractivity contribution in [1.29, 1.82) is 0 Å². The summed E-state index contributed by atoms with van der Waals surface area (Å²) in [5.41, 5.74) is 8.71. The molecular formula is C20H18N4O2. The number of hydrogen-bond acceptors (Lipinski definition) is 5. The lowest BCUT2D eigenvalue weighted by Crippen LogP contribution is -2.11. The molecule has 130 valence electrons. The van der Waals surface area contributed by atoms with Crippen molar-refractivity contribution in [3.63, 3.8) is 0 Å². The summed E-state index contributed by atoms with van der Waals surface area (Å²) >= 11 is 0. The topological polar surface area (TPSA) is 98.0 Å². The van der Waals surface area contributed by atoms with Crippen LogP contribution >= 0.6 is 0 Å². The summed E-state index contributed by atoms with van der Waals surface area (Å²) in [5, 5.41) is 3.07. The first-order valence-electron chi connectivity index (χ1n) is 8.09. The van der Waals surface area contributed by atoms with Crippen molar-refractivity contribution in [3.05, 3.63) is 88.7 Å². The van der Waals surface area contributed by atoms with Crippen LogP contribution in [0.2, 0.25) is 0 Å². The molecule has 0 aliphatic carbocycles. The molecule has 0 unspecified atom stereocenters. The van der Waals surface area contributed by atoms with E-state index in [2.05, 4.69) is 15.3 Å². The standard InChI is InChI=1S/C20H18N4O2/c1-13-3-2-4-16(9-13)18(25)17-11-23-20(24-12-17)22-10-14-5-7-15(8-6-14)19(21)26/h2-9,11-12H,10H2,1H3,(H2,21,26)(H,22,23,24). The number of carbonyl (C=O) groups excluding carboxylic acids is 2. The zero-order chi connectivity index (χ0) is 18.5. The van der Waals surface area contributed by atoms with Crippen LogP contribution in [-0.2, 0) is 6.54 Å². The van der Waals surface area contributed by atoms with Crippen molar-refractivity contribution in [1.82, 2.24) is 9.97 Å².